The second-order valence-corrected chi connectivity index (χ2v) is 11.2. The van der Waals surface area contributed by atoms with Gasteiger partial charge >= 0.3 is 6.03 Å². The number of pyridine rings is 1. The van der Waals surface area contributed by atoms with E-state index in [0.717, 1.165) is 38.0 Å². The molecule has 2 fully saturated rings. The quantitative estimate of drug-likeness (QED) is 0.222. The number of hydrogen-bond donors (Lipinski definition) is 2. The molecule has 0 radical (unpaired) electrons. The normalized spacial score (nSPS) is 17.1. The molecule has 1 saturated carbocycles. The fraction of sp³-hybridized carbons (Fsp3) is 0.406. The number of urea groups is 1. The molecule has 2 N–H and O–H groups in total. The van der Waals surface area contributed by atoms with E-state index in [9.17, 15) is 9.59 Å². The Bertz CT molecular complexity index is 1490. The summed E-state index contributed by atoms with van der Waals surface area (Å²) in [6, 6.07) is 10.9. The zero-order valence-corrected chi connectivity index (χ0v) is 24.9. The minimum Gasteiger partial charge on any atom is -0.475 e. The molecule has 1 saturated heterocycles. The highest BCUT2D eigenvalue weighted by Crippen LogP contribution is 2.39. The monoisotopic (exact) mass is 598 g/mol. The summed E-state index contributed by atoms with van der Waals surface area (Å²) in [5, 5.41) is 6.12. The second-order valence-electron chi connectivity index (χ2n) is 11.2. The number of benzene rings is 1. The van der Waals surface area contributed by atoms with Gasteiger partial charge in [-0.05, 0) is 63.0 Å². The highest BCUT2D eigenvalue weighted by atomic mass is 16.5. The molecule has 12 heteroatoms. The first-order chi connectivity index (χ1) is 21.6. The third-order valence-corrected chi connectivity index (χ3v) is 7.80. The van der Waals surface area contributed by atoms with Gasteiger partial charge in [0.25, 0.3) is 0 Å². The Morgan fingerprint density at radius 3 is 2.68 bits per heavy atom. The number of piperidine rings is 1. The van der Waals surface area contributed by atoms with Gasteiger partial charge in [-0.2, -0.15) is 4.98 Å². The van der Waals surface area contributed by atoms with Crippen LogP contribution in [0.2, 0.25) is 0 Å². The number of hydrogen-bond acceptors (Lipinski definition) is 9. The van der Waals surface area contributed by atoms with Crippen molar-refractivity contribution in [2.45, 2.75) is 44.7 Å². The van der Waals surface area contributed by atoms with Crippen molar-refractivity contribution in [3.63, 3.8) is 0 Å². The van der Waals surface area contributed by atoms with Crippen molar-refractivity contribution >= 4 is 40.8 Å². The number of carbonyl (C=O) groups is 2. The molecular weight excluding hydrogens is 560 g/mol. The maximum Gasteiger partial charge on any atom is 0.330 e. The van der Waals surface area contributed by atoms with E-state index in [1.165, 1.54) is 19.3 Å². The highest BCUT2D eigenvalue weighted by molar-refractivity contribution is 6.03. The Morgan fingerprint density at radius 2 is 1.91 bits per heavy atom. The molecule has 0 atom stereocenters. The van der Waals surface area contributed by atoms with Crippen LogP contribution in [-0.2, 0) is 16.1 Å². The van der Waals surface area contributed by atoms with Crippen molar-refractivity contribution in [2.75, 3.05) is 55.5 Å². The van der Waals surface area contributed by atoms with Crippen LogP contribution in [0, 0.1) is 0 Å². The van der Waals surface area contributed by atoms with Crippen molar-refractivity contribution in [3.05, 3.63) is 66.5 Å². The maximum atomic E-state index is 13.8. The van der Waals surface area contributed by atoms with E-state index in [1.807, 2.05) is 35.2 Å². The molecule has 230 valence electrons. The third kappa shape index (κ3) is 7.32. The summed E-state index contributed by atoms with van der Waals surface area (Å²) in [7, 11) is 1.62. The van der Waals surface area contributed by atoms with Crippen LogP contribution in [0.5, 0.6) is 5.88 Å². The molecule has 4 heterocycles. The van der Waals surface area contributed by atoms with Crippen molar-refractivity contribution in [1.29, 1.82) is 0 Å². The summed E-state index contributed by atoms with van der Waals surface area (Å²) in [5.41, 5.74) is 2.73. The van der Waals surface area contributed by atoms with Gasteiger partial charge in [0.1, 0.15) is 6.61 Å². The first-order valence-corrected chi connectivity index (χ1v) is 15.2. The predicted octanol–water partition coefficient (Wildman–Crippen LogP) is 4.86. The largest absolute Gasteiger partial charge is 0.475 e. The van der Waals surface area contributed by atoms with Gasteiger partial charge in [0.2, 0.25) is 17.7 Å². The Morgan fingerprint density at radius 1 is 1.05 bits per heavy atom. The van der Waals surface area contributed by atoms with Crippen molar-refractivity contribution in [1.82, 2.24) is 24.8 Å². The second kappa shape index (κ2) is 13.8. The number of nitrogens with one attached hydrogen (secondary N) is 2. The molecule has 1 aromatic carbocycles. The summed E-state index contributed by atoms with van der Waals surface area (Å²) in [4.78, 5) is 46.0. The SMILES string of the molecule is COCCOc1ccc(Nc2ncc3c(n2)N(c2cccc(NC(=O)/C=C/CN4CCCCC4)c2)C(=O)N(C2CC2)C3)cn1. The molecule has 3 aromatic rings. The van der Waals surface area contributed by atoms with E-state index in [2.05, 4.69) is 25.5 Å². The van der Waals surface area contributed by atoms with E-state index in [-0.39, 0.29) is 18.0 Å². The summed E-state index contributed by atoms with van der Waals surface area (Å²) in [5.74, 6) is 1.11. The van der Waals surface area contributed by atoms with Crippen molar-refractivity contribution in [3.8, 4) is 5.88 Å². The van der Waals surface area contributed by atoms with Crippen LogP contribution in [0.4, 0.5) is 33.6 Å². The Kier molecular flexibility index (Phi) is 9.28. The molecular formula is C32H38N8O4. The lowest BCUT2D eigenvalue weighted by atomic mass is 10.1. The number of likely N-dealkylation sites (tertiary alicyclic amines) is 1. The maximum absolute atomic E-state index is 13.8. The van der Waals surface area contributed by atoms with Crippen LogP contribution in [0.25, 0.3) is 0 Å². The molecule has 1 aliphatic carbocycles. The van der Waals surface area contributed by atoms with Crippen molar-refractivity contribution < 1.29 is 19.1 Å². The number of carbonyl (C=O) groups excluding carboxylic acids is 2. The van der Waals surface area contributed by atoms with Crippen LogP contribution >= 0.6 is 0 Å². The van der Waals surface area contributed by atoms with Crippen LogP contribution in [-0.4, -0.2) is 82.7 Å². The van der Waals surface area contributed by atoms with Gasteiger partial charge in [0, 0.05) is 49.3 Å². The third-order valence-electron chi connectivity index (χ3n) is 7.80. The standard InChI is InChI=1S/C32H38N8O4/c1-43-17-18-44-29-13-10-25(21-33-29)36-31-34-20-23-22-39(26-11-12-26)32(42)40(30(23)37-31)27-8-5-7-24(19-27)35-28(41)9-6-16-38-14-3-2-4-15-38/h5-10,13,19-21,26H,2-4,11-12,14-18,22H2,1H3,(H,35,41)(H,34,36,37)/b9-6+. The van der Waals surface area contributed by atoms with E-state index in [1.54, 1.807) is 42.6 Å². The molecule has 0 unspecified atom stereocenters. The minimum absolute atomic E-state index is 0.145. The first kappa shape index (κ1) is 29.5. The minimum atomic E-state index is -0.207. The van der Waals surface area contributed by atoms with Gasteiger partial charge in [-0.1, -0.05) is 18.6 Å². The molecule has 3 amide bonds. The molecule has 12 nitrogen and oxygen atoms in total. The zero-order chi connectivity index (χ0) is 30.3. The molecule has 6 rings (SSSR count). The molecule has 3 aliphatic rings. The Balaban J connectivity index is 1.19. The van der Waals surface area contributed by atoms with Crippen LogP contribution in [0.1, 0.15) is 37.7 Å². The molecule has 0 bridgehead atoms. The lowest BCUT2D eigenvalue weighted by Crippen LogP contribution is -2.46. The summed E-state index contributed by atoms with van der Waals surface area (Å²) < 4.78 is 10.5. The number of methoxy groups -OCH3 is 1. The number of rotatable bonds is 12. The predicted molar refractivity (Wildman–Crippen MR) is 168 cm³/mol. The number of aromatic nitrogens is 3. The van der Waals surface area contributed by atoms with Gasteiger partial charge in [0.05, 0.1) is 30.7 Å². The molecule has 2 aromatic heterocycles. The van der Waals surface area contributed by atoms with E-state index >= 15 is 0 Å². The number of ether oxygens (including phenoxy) is 2. The fourth-order valence-corrected chi connectivity index (χ4v) is 5.39. The topological polar surface area (TPSA) is 125 Å². The number of anilines is 5. The number of amides is 3. The van der Waals surface area contributed by atoms with Gasteiger partial charge < -0.3 is 25.0 Å². The smallest absolute Gasteiger partial charge is 0.330 e. The average Bonchev–Trinajstić information content (AvgIpc) is 3.88. The van der Waals surface area contributed by atoms with E-state index < -0.39 is 0 Å². The summed E-state index contributed by atoms with van der Waals surface area (Å²) in [6.45, 7) is 4.25. The van der Waals surface area contributed by atoms with Crippen molar-refractivity contribution in [2.24, 2.45) is 0 Å². The molecule has 2 aliphatic heterocycles. The Labute approximate surface area is 257 Å². The summed E-state index contributed by atoms with van der Waals surface area (Å²) in [6.07, 6.45) is 12.5. The van der Waals surface area contributed by atoms with Gasteiger partial charge in [-0.25, -0.2) is 19.7 Å². The van der Waals surface area contributed by atoms with Crippen LogP contribution in [0.3, 0.4) is 0 Å². The van der Waals surface area contributed by atoms with Gasteiger partial charge in [-0.3, -0.25) is 9.69 Å². The first-order valence-electron chi connectivity index (χ1n) is 15.2. The van der Waals surface area contributed by atoms with E-state index in [4.69, 9.17) is 14.5 Å². The van der Waals surface area contributed by atoms with Gasteiger partial charge in [0.15, 0.2) is 5.82 Å². The number of fused-ring (bicyclic) bond motifs is 1. The average molecular weight is 599 g/mol. The zero-order valence-electron chi connectivity index (χ0n) is 24.9. The highest BCUT2D eigenvalue weighted by Gasteiger charge is 2.41. The lowest BCUT2D eigenvalue weighted by Gasteiger charge is -2.36. The van der Waals surface area contributed by atoms with Gasteiger partial charge in [-0.15, -0.1) is 0 Å². The summed E-state index contributed by atoms with van der Waals surface area (Å²) >= 11 is 0. The Hall–Kier alpha value is -4.55. The molecule has 0 spiro atoms. The fourth-order valence-electron chi connectivity index (χ4n) is 5.39. The van der Waals surface area contributed by atoms with E-state index in [0.29, 0.717) is 54.5 Å². The van der Waals surface area contributed by atoms with Crippen LogP contribution in [0.15, 0.2) is 60.9 Å². The van der Waals surface area contributed by atoms with Crippen LogP contribution < -0.4 is 20.3 Å². The molecule has 44 heavy (non-hydrogen) atoms. The number of nitrogens with zero attached hydrogens (tertiary/aromatic N) is 6. The lowest BCUT2D eigenvalue weighted by molar-refractivity contribution is -0.111.